The van der Waals surface area contributed by atoms with E-state index in [4.69, 9.17) is 23.7 Å². The topological polar surface area (TPSA) is 122 Å². The van der Waals surface area contributed by atoms with Crippen molar-refractivity contribution in [2.75, 3.05) is 26.9 Å². The Kier molecular flexibility index (Phi) is 11.2. The zero-order valence-corrected chi connectivity index (χ0v) is 23.2. The van der Waals surface area contributed by atoms with E-state index in [1.165, 1.54) is 31.9 Å². The molecule has 1 amide bonds. The zero-order valence-electron chi connectivity index (χ0n) is 23.2. The molecule has 2 heterocycles. The first-order valence-corrected chi connectivity index (χ1v) is 13.2. The van der Waals surface area contributed by atoms with Crippen LogP contribution < -0.4 is 14.8 Å². The molecule has 1 aromatic heterocycles. The number of amides is 1. The third-order valence-electron chi connectivity index (χ3n) is 6.25. The summed E-state index contributed by atoms with van der Waals surface area (Å²) in [7, 11) is 1.38. The Morgan fingerprint density at radius 2 is 1.90 bits per heavy atom. The molecule has 4 unspecified atom stereocenters. The second-order valence-corrected chi connectivity index (χ2v) is 9.97. The summed E-state index contributed by atoms with van der Waals surface area (Å²) < 4.78 is 28.4. The molecule has 10 nitrogen and oxygen atoms in total. The largest absolute Gasteiger partial charge is 0.493 e. The number of carbonyl (C=O) groups is 3. The second-order valence-electron chi connectivity index (χ2n) is 9.97. The van der Waals surface area contributed by atoms with Crippen molar-refractivity contribution in [3.63, 3.8) is 0 Å². The molecule has 1 aliphatic rings. The van der Waals surface area contributed by atoms with Crippen molar-refractivity contribution in [1.82, 2.24) is 10.3 Å². The lowest BCUT2D eigenvalue weighted by atomic mass is 9.92. The minimum atomic E-state index is -1.11. The number of aromatic nitrogens is 1. The number of nitrogens with zero attached hydrogens (tertiary/aromatic N) is 1. The number of nitrogens with one attached hydrogen (secondary N) is 1. The Morgan fingerprint density at radius 3 is 2.56 bits per heavy atom. The van der Waals surface area contributed by atoms with Crippen molar-refractivity contribution in [1.29, 1.82) is 0 Å². The smallest absolute Gasteiger partial charge is 0.331 e. The molecular weight excluding hydrogens is 504 g/mol. The van der Waals surface area contributed by atoms with Crippen LogP contribution in [0.5, 0.6) is 11.5 Å². The van der Waals surface area contributed by atoms with Crippen LogP contribution in [0.15, 0.2) is 42.6 Å². The number of rotatable bonds is 10. The van der Waals surface area contributed by atoms with E-state index in [0.29, 0.717) is 19.1 Å². The summed E-state index contributed by atoms with van der Waals surface area (Å²) in [4.78, 5) is 42.0. The molecule has 1 fully saturated rings. The molecule has 10 heteroatoms. The molecule has 4 atom stereocenters. The predicted molar refractivity (Wildman–Crippen MR) is 143 cm³/mol. The second kappa shape index (κ2) is 14.6. The molecule has 1 aliphatic heterocycles. The van der Waals surface area contributed by atoms with Gasteiger partial charge >= 0.3 is 11.9 Å². The Hall–Kier alpha value is -3.50. The number of aryl methyl sites for hydroxylation is 1. The number of esters is 2. The molecule has 3 rings (SSSR count). The standard InChI is InChI=1S/C29H38N2O8/c1-18(2)15-37-26-19(3)38-29(34)23(17-36-16-22(26)12-11-21-9-7-6-8-10-21)31-28(33)25-27(39-20(4)32)24(35-5)13-14-30-25/h6-10,13-14,18-19,22-23,26H,11-12,15-17H2,1-5H3,(H,31,33). The van der Waals surface area contributed by atoms with Gasteiger partial charge in [-0.2, -0.15) is 0 Å². The number of methoxy groups -OCH3 is 1. The molecule has 0 saturated carbocycles. The minimum absolute atomic E-state index is 0.0446. The van der Waals surface area contributed by atoms with Crippen molar-refractivity contribution in [3.05, 3.63) is 53.9 Å². The molecule has 2 aromatic rings. The van der Waals surface area contributed by atoms with Gasteiger partial charge in [0.25, 0.3) is 5.91 Å². The predicted octanol–water partition coefficient (Wildman–Crippen LogP) is 3.37. The summed E-state index contributed by atoms with van der Waals surface area (Å²) >= 11 is 0. The maximum Gasteiger partial charge on any atom is 0.331 e. The van der Waals surface area contributed by atoms with Crippen molar-refractivity contribution in [3.8, 4) is 11.5 Å². The molecular formula is C29H38N2O8. The van der Waals surface area contributed by atoms with Crippen LogP contribution in [0.3, 0.4) is 0 Å². The molecule has 212 valence electrons. The van der Waals surface area contributed by atoms with Gasteiger partial charge in [0.1, 0.15) is 6.10 Å². The van der Waals surface area contributed by atoms with Crippen molar-refractivity contribution in [2.24, 2.45) is 11.8 Å². The molecule has 1 aromatic carbocycles. The number of cyclic esters (lactones) is 1. The summed E-state index contributed by atoms with van der Waals surface area (Å²) in [6.45, 7) is 7.83. The monoisotopic (exact) mass is 542 g/mol. The fourth-order valence-electron chi connectivity index (χ4n) is 4.36. The van der Waals surface area contributed by atoms with Crippen LogP contribution in [0, 0.1) is 11.8 Å². The number of carbonyl (C=O) groups excluding carboxylic acids is 3. The number of hydrogen-bond acceptors (Lipinski definition) is 9. The maximum absolute atomic E-state index is 13.2. The highest BCUT2D eigenvalue weighted by Crippen LogP contribution is 2.30. The first kappa shape index (κ1) is 30.0. The van der Waals surface area contributed by atoms with Crippen LogP contribution in [0.2, 0.25) is 0 Å². The van der Waals surface area contributed by atoms with E-state index in [1.54, 1.807) is 6.92 Å². The lowest BCUT2D eigenvalue weighted by Gasteiger charge is -2.31. The molecule has 1 N–H and O–H groups in total. The third kappa shape index (κ3) is 8.76. The maximum atomic E-state index is 13.2. The van der Waals surface area contributed by atoms with Gasteiger partial charge in [-0.3, -0.25) is 9.59 Å². The van der Waals surface area contributed by atoms with Crippen LogP contribution >= 0.6 is 0 Å². The van der Waals surface area contributed by atoms with Gasteiger partial charge in [-0.25, -0.2) is 9.78 Å². The molecule has 0 bridgehead atoms. The van der Waals surface area contributed by atoms with Crippen LogP contribution in [0.1, 0.15) is 50.2 Å². The van der Waals surface area contributed by atoms with Crippen LogP contribution in [0.25, 0.3) is 0 Å². The number of benzene rings is 1. The van der Waals surface area contributed by atoms with Crippen molar-refractivity contribution in [2.45, 2.75) is 58.8 Å². The van der Waals surface area contributed by atoms with Gasteiger partial charge in [-0.05, 0) is 31.2 Å². The van der Waals surface area contributed by atoms with Gasteiger partial charge < -0.3 is 29.0 Å². The summed E-state index contributed by atoms with van der Waals surface area (Å²) in [6.07, 6.45) is 1.97. The lowest BCUT2D eigenvalue weighted by molar-refractivity contribution is -0.161. The fraction of sp³-hybridized carbons (Fsp3) is 0.517. The Labute approximate surface area is 229 Å². The Balaban J connectivity index is 1.78. The number of hydrogen-bond donors (Lipinski definition) is 1. The van der Waals surface area contributed by atoms with Crippen LogP contribution in [-0.4, -0.2) is 68.0 Å². The number of ether oxygens (including phenoxy) is 5. The molecule has 0 radical (unpaired) electrons. The fourth-order valence-corrected chi connectivity index (χ4v) is 4.36. The van der Waals surface area contributed by atoms with E-state index in [-0.39, 0.29) is 35.8 Å². The normalized spacial score (nSPS) is 21.7. The minimum Gasteiger partial charge on any atom is -0.493 e. The summed E-state index contributed by atoms with van der Waals surface area (Å²) in [6, 6.07) is 10.5. The SMILES string of the molecule is COc1ccnc(C(=O)NC2COCC(CCc3ccccc3)C(OCC(C)C)C(C)OC2=O)c1OC(C)=O. The van der Waals surface area contributed by atoms with E-state index in [0.717, 1.165) is 12.8 Å². The van der Waals surface area contributed by atoms with E-state index < -0.39 is 30.0 Å². The highest BCUT2D eigenvalue weighted by Gasteiger charge is 2.36. The average molecular weight is 543 g/mol. The van der Waals surface area contributed by atoms with Gasteiger partial charge in [0.15, 0.2) is 17.5 Å². The van der Waals surface area contributed by atoms with E-state index >= 15 is 0 Å². The van der Waals surface area contributed by atoms with Gasteiger partial charge in [-0.1, -0.05) is 44.2 Å². The van der Waals surface area contributed by atoms with E-state index in [9.17, 15) is 14.4 Å². The first-order valence-electron chi connectivity index (χ1n) is 13.2. The lowest BCUT2D eigenvalue weighted by Crippen LogP contribution is -2.46. The van der Waals surface area contributed by atoms with E-state index in [2.05, 4.69) is 36.3 Å². The average Bonchev–Trinajstić information content (AvgIpc) is 2.95. The van der Waals surface area contributed by atoms with Gasteiger partial charge in [0.2, 0.25) is 5.75 Å². The Morgan fingerprint density at radius 1 is 1.15 bits per heavy atom. The molecule has 0 aliphatic carbocycles. The molecule has 0 spiro atoms. The number of pyridine rings is 1. The van der Waals surface area contributed by atoms with Gasteiger partial charge in [0.05, 0.1) is 26.4 Å². The highest BCUT2D eigenvalue weighted by atomic mass is 16.6. The summed E-state index contributed by atoms with van der Waals surface area (Å²) in [5, 5.41) is 2.62. The van der Waals surface area contributed by atoms with Crippen LogP contribution in [-0.2, 0) is 30.2 Å². The van der Waals surface area contributed by atoms with Gasteiger partial charge in [-0.15, -0.1) is 0 Å². The van der Waals surface area contributed by atoms with Gasteiger partial charge in [0, 0.05) is 31.7 Å². The third-order valence-corrected chi connectivity index (χ3v) is 6.25. The zero-order chi connectivity index (χ0) is 28.4. The molecule has 39 heavy (non-hydrogen) atoms. The quantitative estimate of drug-likeness (QED) is 0.450. The van der Waals surface area contributed by atoms with Crippen molar-refractivity contribution < 1.29 is 38.1 Å². The van der Waals surface area contributed by atoms with Crippen LogP contribution in [0.4, 0.5) is 0 Å². The summed E-state index contributed by atoms with van der Waals surface area (Å²) in [5.41, 5.74) is 0.994. The summed E-state index contributed by atoms with van der Waals surface area (Å²) in [5.74, 6) is -1.78. The van der Waals surface area contributed by atoms with E-state index in [1.807, 2.05) is 18.2 Å². The highest BCUT2D eigenvalue weighted by molar-refractivity contribution is 5.98. The Bertz CT molecular complexity index is 1110. The molecule has 1 saturated heterocycles. The first-order chi connectivity index (χ1) is 18.7. The van der Waals surface area contributed by atoms with Crippen molar-refractivity contribution >= 4 is 17.8 Å².